The van der Waals surface area contributed by atoms with Crippen molar-refractivity contribution >= 4 is 0 Å². The van der Waals surface area contributed by atoms with Crippen molar-refractivity contribution < 1.29 is 9.13 Å². The van der Waals surface area contributed by atoms with Crippen molar-refractivity contribution in [3.63, 3.8) is 0 Å². The predicted octanol–water partition coefficient (Wildman–Crippen LogP) is 2.23. The minimum absolute atomic E-state index is 0.128. The summed E-state index contributed by atoms with van der Waals surface area (Å²) in [5.74, 6) is 0.278. The Labute approximate surface area is 95.0 Å². The Balaban J connectivity index is 1.87. The van der Waals surface area contributed by atoms with E-state index in [9.17, 15) is 4.39 Å². The molecule has 2 nitrogen and oxygen atoms in total. The summed E-state index contributed by atoms with van der Waals surface area (Å²) in [6.45, 7) is 2.07. The maximum atomic E-state index is 13.6. The van der Waals surface area contributed by atoms with Crippen LogP contribution in [0.25, 0.3) is 0 Å². The van der Waals surface area contributed by atoms with Gasteiger partial charge in [-0.05, 0) is 13.1 Å². The van der Waals surface area contributed by atoms with Crippen molar-refractivity contribution in [1.82, 2.24) is 4.90 Å². The van der Waals surface area contributed by atoms with E-state index in [4.69, 9.17) is 4.74 Å². The Morgan fingerprint density at radius 1 is 1.31 bits per heavy atom. The molecule has 0 aromatic heterocycles. The number of hydrogen-bond donors (Lipinski definition) is 0. The van der Waals surface area contributed by atoms with Gasteiger partial charge in [0.05, 0.1) is 0 Å². The van der Waals surface area contributed by atoms with Crippen molar-refractivity contribution in [3.8, 4) is 5.75 Å². The Bertz CT molecular complexity index is 410. The molecule has 0 unspecified atom stereocenters. The Kier molecular flexibility index (Phi) is 2.18. The third-order valence-corrected chi connectivity index (χ3v) is 3.78. The third-order valence-electron chi connectivity index (χ3n) is 3.78. The molecular weight excluding hydrogens is 205 g/mol. The van der Waals surface area contributed by atoms with Crippen molar-refractivity contribution in [2.75, 3.05) is 20.1 Å². The van der Waals surface area contributed by atoms with Crippen LogP contribution in [0.15, 0.2) is 18.2 Å². The minimum Gasteiger partial charge on any atom is -0.483 e. The Morgan fingerprint density at radius 3 is 2.75 bits per heavy atom. The number of rotatable bonds is 0. The molecule has 1 fully saturated rings. The topological polar surface area (TPSA) is 12.5 Å². The van der Waals surface area contributed by atoms with Crippen LogP contribution in [-0.4, -0.2) is 30.6 Å². The molecule has 0 radical (unpaired) electrons. The van der Waals surface area contributed by atoms with Gasteiger partial charge in [-0.15, -0.1) is 0 Å². The van der Waals surface area contributed by atoms with Gasteiger partial charge < -0.3 is 9.64 Å². The summed E-state index contributed by atoms with van der Waals surface area (Å²) in [5.41, 5.74) is 0.904. The molecule has 0 saturated carbocycles. The van der Waals surface area contributed by atoms with Gasteiger partial charge in [-0.25, -0.2) is 4.39 Å². The molecule has 3 heteroatoms. The lowest BCUT2D eigenvalue weighted by Crippen LogP contribution is -2.45. The molecule has 0 bridgehead atoms. The lowest BCUT2D eigenvalue weighted by atomic mass is 9.87. The SMILES string of the molecule is CN1CCC2(CC1)Cc1cccc(F)c1O2. The highest BCUT2D eigenvalue weighted by Crippen LogP contribution is 2.41. The zero-order chi connectivity index (χ0) is 11.2. The molecular formula is C13H16FNO. The molecule has 86 valence electrons. The van der Waals surface area contributed by atoms with Gasteiger partial charge in [-0.1, -0.05) is 12.1 Å². The molecule has 1 saturated heterocycles. The summed E-state index contributed by atoms with van der Waals surface area (Å²) in [6.07, 6.45) is 2.86. The molecule has 0 amide bonds. The molecule has 2 aliphatic heterocycles. The van der Waals surface area contributed by atoms with E-state index in [1.165, 1.54) is 6.07 Å². The first-order valence-electron chi connectivity index (χ1n) is 5.84. The monoisotopic (exact) mass is 221 g/mol. The maximum Gasteiger partial charge on any atom is 0.165 e. The molecule has 1 aromatic carbocycles. The normalized spacial score (nSPS) is 23.1. The van der Waals surface area contributed by atoms with Crippen molar-refractivity contribution in [3.05, 3.63) is 29.6 Å². The fourth-order valence-corrected chi connectivity index (χ4v) is 2.71. The van der Waals surface area contributed by atoms with E-state index in [0.717, 1.165) is 37.9 Å². The van der Waals surface area contributed by atoms with Gasteiger partial charge in [0.15, 0.2) is 11.6 Å². The average molecular weight is 221 g/mol. The molecule has 3 rings (SSSR count). The molecule has 16 heavy (non-hydrogen) atoms. The fourth-order valence-electron chi connectivity index (χ4n) is 2.71. The number of halogens is 1. The van der Waals surface area contributed by atoms with E-state index in [1.807, 2.05) is 6.07 Å². The molecule has 2 aliphatic rings. The second kappa shape index (κ2) is 3.45. The van der Waals surface area contributed by atoms with Crippen molar-refractivity contribution in [1.29, 1.82) is 0 Å². The maximum absolute atomic E-state index is 13.6. The largest absolute Gasteiger partial charge is 0.483 e. The van der Waals surface area contributed by atoms with Crippen molar-refractivity contribution in [2.24, 2.45) is 0 Å². The highest BCUT2D eigenvalue weighted by molar-refractivity contribution is 5.40. The van der Waals surface area contributed by atoms with Crippen LogP contribution in [0.3, 0.4) is 0 Å². The number of para-hydroxylation sites is 1. The molecule has 1 aromatic rings. The Hall–Kier alpha value is -1.09. The van der Waals surface area contributed by atoms with E-state index in [1.54, 1.807) is 6.07 Å². The zero-order valence-corrected chi connectivity index (χ0v) is 9.50. The van der Waals surface area contributed by atoms with Gasteiger partial charge in [0.2, 0.25) is 0 Å². The van der Waals surface area contributed by atoms with Crippen LogP contribution in [-0.2, 0) is 6.42 Å². The predicted molar refractivity (Wildman–Crippen MR) is 60.2 cm³/mol. The van der Waals surface area contributed by atoms with Crippen LogP contribution in [0.4, 0.5) is 4.39 Å². The first kappa shape index (κ1) is 10.1. The lowest BCUT2D eigenvalue weighted by molar-refractivity contribution is 0.0247. The second-order valence-corrected chi connectivity index (χ2v) is 4.99. The molecule has 0 N–H and O–H groups in total. The quantitative estimate of drug-likeness (QED) is 0.666. The van der Waals surface area contributed by atoms with E-state index in [2.05, 4.69) is 11.9 Å². The van der Waals surface area contributed by atoms with Crippen LogP contribution >= 0.6 is 0 Å². The van der Waals surface area contributed by atoms with E-state index >= 15 is 0 Å². The van der Waals surface area contributed by atoms with Crippen molar-refractivity contribution in [2.45, 2.75) is 24.9 Å². The minimum atomic E-state index is -0.215. The highest BCUT2D eigenvalue weighted by atomic mass is 19.1. The first-order chi connectivity index (χ1) is 7.69. The standard InChI is InChI=1S/C13H16FNO/c1-15-7-5-13(6-8-15)9-10-3-2-4-11(14)12(10)16-13/h2-4H,5-9H2,1H3. The van der Waals surface area contributed by atoms with Gasteiger partial charge in [0.1, 0.15) is 5.60 Å². The average Bonchev–Trinajstić information content (AvgIpc) is 2.63. The van der Waals surface area contributed by atoms with Gasteiger partial charge in [-0.3, -0.25) is 0 Å². The number of hydrogen-bond acceptors (Lipinski definition) is 2. The summed E-state index contributed by atoms with van der Waals surface area (Å²) in [6, 6.07) is 5.23. The summed E-state index contributed by atoms with van der Waals surface area (Å²) >= 11 is 0. The first-order valence-corrected chi connectivity index (χ1v) is 5.84. The summed E-state index contributed by atoms with van der Waals surface area (Å²) in [7, 11) is 2.12. The number of piperidine rings is 1. The van der Waals surface area contributed by atoms with E-state index in [0.29, 0.717) is 5.75 Å². The lowest BCUT2D eigenvalue weighted by Gasteiger charge is -2.37. The highest BCUT2D eigenvalue weighted by Gasteiger charge is 2.42. The summed E-state index contributed by atoms with van der Waals surface area (Å²) in [4.78, 5) is 2.30. The van der Waals surface area contributed by atoms with Crippen LogP contribution in [0.2, 0.25) is 0 Å². The van der Waals surface area contributed by atoms with Crippen LogP contribution in [0.5, 0.6) is 5.75 Å². The van der Waals surface area contributed by atoms with E-state index in [-0.39, 0.29) is 11.4 Å². The van der Waals surface area contributed by atoms with Gasteiger partial charge >= 0.3 is 0 Å². The Morgan fingerprint density at radius 2 is 2.06 bits per heavy atom. The van der Waals surface area contributed by atoms with Gasteiger partial charge in [0.25, 0.3) is 0 Å². The number of likely N-dealkylation sites (tertiary alicyclic amines) is 1. The molecule has 2 heterocycles. The van der Waals surface area contributed by atoms with Crippen LogP contribution in [0, 0.1) is 5.82 Å². The summed E-state index contributed by atoms with van der Waals surface area (Å²) < 4.78 is 19.5. The number of fused-ring (bicyclic) bond motifs is 1. The number of ether oxygens (including phenoxy) is 1. The van der Waals surface area contributed by atoms with Crippen LogP contribution in [0.1, 0.15) is 18.4 Å². The molecule has 0 aliphatic carbocycles. The molecule has 1 spiro atoms. The number of nitrogens with zero attached hydrogens (tertiary/aromatic N) is 1. The van der Waals surface area contributed by atoms with Gasteiger partial charge in [-0.2, -0.15) is 0 Å². The van der Waals surface area contributed by atoms with Crippen LogP contribution < -0.4 is 4.74 Å². The fraction of sp³-hybridized carbons (Fsp3) is 0.538. The number of benzene rings is 1. The third kappa shape index (κ3) is 1.50. The zero-order valence-electron chi connectivity index (χ0n) is 9.50. The summed E-state index contributed by atoms with van der Waals surface area (Å²) in [5, 5.41) is 0. The smallest absolute Gasteiger partial charge is 0.165 e. The van der Waals surface area contributed by atoms with Gasteiger partial charge in [0, 0.05) is 37.9 Å². The second-order valence-electron chi connectivity index (χ2n) is 4.99. The van der Waals surface area contributed by atoms with E-state index < -0.39 is 0 Å². The molecule has 0 atom stereocenters.